The predicted octanol–water partition coefficient (Wildman–Crippen LogP) is 4.23. The number of nitrogens with one attached hydrogen (secondary N) is 1. The van der Waals surface area contributed by atoms with Gasteiger partial charge in [0.2, 0.25) is 5.91 Å². The van der Waals surface area contributed by atoms with E-state index in [1.165, 1.54) is 6.07 Å². The molecule has 1 saturated carbocycles. The maximum Gasteiger partial charge on any atom is 0.391 e. The van der Waals surface area contributed by atoms with Gasteiger partial charge in [0, 0.05) is 11.6 Å². The Morgan fingerprint density at radius 1 is 1.24 bits per heavy atom. The number of hydrogen-bond donors (Lipinski definition) is 2. The van der Waals surface area contributed by atoms with Gasteiger partial charge in [-0.3, -0.25) is 4.79 Å². The molecule has 0 bridgehead atoms. The van der Waals surface area contributed by atoms with Crippen LogP contribution in [0.2, 0.25) is 5.02 Å². The van der Waals surface area contributed by atoms with Crippen molar-refractivity contribution in [3.8, 4) is 0 Å². The summed E-state index contributed by atoms with van der Waals surface area (Å²) in [5, 5.41) is 2.99. The summed E-state index contributed by atoms with van der Waals surface area (Å²) in [6.07, 6.45) is -3.72. The summed E-state index contributed by atoms with van der Waals surface area (Å²) < 4.78 is 37.7. The van der Waals surface area contributed by atoms with E-state index in [0.717, 1.165) is 0 Å². The zero-order valence-electron chi connectivity index (χ0n) is 11.2. The van der Waals surface area contributed by atoms with E-state index in [1.807, 2.05) is 0 Å². The molecule has 0 heterocycles. The fraction of sp³-hybridized carbons (Fsp3) is 0.500. The molecule has 0 unspecified atom stereocenters. The minimum Gasteiger partial charge on any atom is -0.399 e. The average Bonchev–Trinajstić information content (AvgIpc) is 2.42. The Hall–Kier alpha value is -1.43. The number of alkyl halides is 3. The Kier molecular flexibility index (Phi) is 4.66. The third kappa shape index (κ3) is 4.03. The molecule has 3 N–H and O–H groups in total. The summed E-state index contributed by atoms with van der Waals surface area (Å²) in [6, 6.07) is 4.70. The van der Waals surface area contributed by atoms with Crippen molar-refractivity contribution in [2.45, 2.75) is 31.9 Å². The van der Waals surface area contributed by atoms with E-state index < -0.39 is 18.0 Å². The van der Waals surface area contributed by atoms with Gasteiger partial charge in [-0.05, 0) is 43.9 Å². The smallest absolute Gasteiger partial charge is 0.391 e. The number of carbonyl (C=O) groups is 1. The van der Waals surface area contributed by atoms with Crippen molar-refractivity contribution in [1.82, 2.24) is 0 Å². The lowest BCUT2D eigenvalue weighted by molar-refractivity contribution is -0.184. The summed E-state index contributed by atoms with van der Waals surface area (Å²) in [5.41, 5.74) is 6.46. The molecule has 3 nitrogen and oxygen atoms in total. The molecule has 21 heavy (non-hydrogen) atoms. The molecular formula is C14H16ClF3N2O. The van der Waals surface area contributed by atoms with Gasteiger partial charge >= 0.3 is 6.18 Å². The van der Waals surface area contributed by atoms with Gasteiger partial charge in [0.1, 0.15) is 0 Å². The lowest BCUT2D eigenvalue weighted by Crippen LogP contribution is -2.32. The minimum absolute atomic E-state index is 0.00769. The first kappa shape index (κ1) is 15.9. The first-order chi connectivity index (χ1) is 9.77. The Morgan fingerprint density at radius 2 is 1.86 bits per heavy atom. The first-order valence-corrected chi connectivity index (χ1v) is 7.08. The Bertz CT molecular complexity index is 525. The minimum atomic E-state index is -4.17. The van der Waals surface area contributed by atoms with E-state index >= 15 is 0 Å². The van der Waals surface area contributed by atoms with Gasteiger partial charge in [0.15, 0.2) is 0 Å². The largest absolute Gasteiger partial charge is 0.399 e. The standard InChI is InChI=1S/C14H16ClF3N2O/c15-11-6-5-10(19)7-12(11)20-13(21)8-1-3-9(4-2-8)14(16,17)18/h5-9H,1-4,19H2,(H,20,21). The summed E-state index contributed by atoms with van der Waals surface area (Å²) in [7, 11) is 0. The number of benzene rings is 1. The quantitative estimate of drug-likeness (QED) is 0.801. The number of carbonyl (C=O) groups excluding carboxylic acids is 1. The second kappa shape index (κ2) is 6.13. The number of nitrogens with two attached hydrogens (primary N) is 1. The Labute approximate surface area is 125 Å². The Morgan fingerprint density at radius 3 is 2.43 bits per heavy atom. The van der Waals surface area contributed by atoms with Crippen LogP contribution in [0.5, 0.6) is 0 Å². The Balaban J connectivity index is 1.95. The van der Waals surface area contributed by atoms with Crippen molar-refractivity contribution < 1.29 is 18.0 Å². The topological polar surface area (TPSA) is 55.1 Å². The molecule has 1 aliphatic rings. The van der Waals surface area contributed by atoms with Crippen molar-refractivity contribution in [2.75, 3.05) is 11.1 Å². The van der Waals surface area contributed by atoms with Gasteiger partial charge < -0.3 is 11.1 Å². The molecule has 1 aromatic carbocycles. The van der Waals surface area contributed by atoms with E-state index in [0.29, 0.717) is 16.4 Å². The molecule has 7 heteroatoms. The van der Waals surface area contributed by atoms with Crippen molar-refractivity contribution >= 4 is 28.9 Å². The van der Waals surface area contributed by atoms with Crippen LogP contribution in [0.3, 0.4) is 0 Å². The molecular weight excluding hydrogens is 305 g/mol. The molecule has 2 rings (SSSR count). The molecule has 1 fully saturated rings. The van der Waals surface area contributed by atoms with Crippen LogP contribution in [0, 0.1) is 11.8 Å². The molecule has 1 aliphatic carbocycles. The molecule has 0 saturated heterocycles. The van der Waals surface area contributed by atoms with Crippen LogP contribution in [0.25, 0.3) is 0 Å². The molecule has 1 aromatic rings. The highest BCUT2D eigenvalue weighted by atomic mass is 35.5. The number of amides is 1. The molecule has 0 spiro atoms. The van der Waals surface area contributed by atoms with Crippen molar-refractivity contribution in [3.63, 3.8) is 0 Å². The predicted molar refractivity (Wildman–Crippen MR) is 76.0 cm³/mol. The molecule has 0 atom stereocenters. The summed E-state index contributed by atoms with van der Waals surface area (Å²) in [5.74, 6) is -2.01. The zero-order chi connectivity index (χ0) is 15.6. The molecule has 0 aliphatic heterocycles. The lowest BCUT2D eigenvalue weighted by Gasteiger charge is -2.29. The zero-order valence-corrected chi connectivity index (χ0v) is 12.0. The van der Waals surface area contributed by atoms with Crippen molar-refractivity contribution in [1.29, 1.82) is 0 Å². The fourth-order valence-corrected chi connectivity index (χ4v) is 2.72. The third-order valence-electron chi connectivity index (χ3n) is 3.81. The van der Waals surface area contributed by atoms with Gasteiger partial charge in [-0.25, -0.2) is 0 Å². The summed E-state index contributed by atoms with van der Waals surface area (Å²) >= 11 is 5.94. The van der Waals surface area contributed by atoms with Gasteiger partial charge in [-0.15, -0.1) is 0 Å². The second-order valence-corrected chi connectivity index (χ2v) is 5.73. The molecule has 0 aromatic heterocycles. The maximum atomic E-state index is 12.6. The number of nitrogen functional groups attached to an aromatic ring is 1. The maximum absolute atomic E-state index is 12.6. The number of rotatable bonds is 2. The van der Waals surface area contributed by atoms with Crippen molar-refractivity contribution in [2.24, 2.45) is 11.8 Å². The van der Waals surface area contributed by atoms with E-state index in [-0.39, 0.29) is 31.6 Å². The van der Waals surface area contributed by atoms with Crippen LogP contribution in [0.1, 0.15) is 25.7 Å². The van der Waals surface area contributed by atoms with E-state index in [2.05, 4.69) is 5.32 Å². The van der Waals surface area contributed by atoms with Crippen LogP contribution < -0.4 is 11.1 Å². The number of anilines is 2. The van der Waals surface area contributed by atoms with Gasteiger partial charge in [-0.1, -0.05) is 11.6 Å². The highest BCUT2D eigenvalue weighted by Gasteiger charge is 2.42. The van der Waals surface area contributed by atoms with Crippen LogP contribution in [0.15, 0.2) is 18.2 Å². The van der Waals surface area contributed by atoms with Gasteiger partial charge in [0.25, 0.3) is 0 Å². The highest BCUT2D eigenvalue weighted by Crippen LogP contribution is 2.40. The van der Waals surface area contributed by atoms with E-state index in [1.54, 1.807) is 12.1 Å². The molecule has 116 valence electrons. The van der Waals surface area contributed by atoms with Gasteiger partial charge in [0.05, 0.1) is 16.6 Å². The summed E-state index contributed by atoms with van der Waals surface area (Å²) in [6.45, 7) is 0. The highest BCUT2D eigenvalue weighted by molar-refractivity contribution is 6.33. The normalized spacial score (nSPS) is 22.9. The third-order valence-corrected chi connectivity index (χ3v) is 4.14. The lowest BCUT2D eigenvalue weighted by atomic mass is 9.81. The van der Waals surface area contributed by atoms with E-state index in [4.69, 9.17) is 17.3 Å². The van der Waals surface area contributed by atoms with Crippen LogP contribution >= 0.6 is 11.6 Å². The fourth-order valence-electron chi connectivity index (χ4n) is 2.56. The first-order valence-electron chi connectivity index (χ1n) is 6.70. The van der Waals surface area contributed by atoms with Gasteiger partial charge in [-0.2, -0.15) is 13.2 Å². The van der Waals surface area contributed by atoms with Crippen LogP contribution in [-0.2, 0) is 4.79 Å². The SMILES string of the molecule is Nc1ccc(Cl)c(NC(=O)C2CCC(C(F)(F)F)CC2)c1. The van der Waals surface area contributed by atoms with Crippen LogP contribution in [-0.4, -0.2) is 12.1 Å². The van der Waals surface area contributed by atoms with E-state index in [9.17, 15) is 18.0 Å². The second-order valence-electron chi connectivity index (χ2n) is 5.32. The average molecular weight is 321 g/mol. The van der Waals surface area contributed by atoms with Crippen LogP contribution in [0.4, 0.5) is 24.5 Å². The number of hydrogen-bond acceptors (Lipinski definition) is 2. The molecule has 1 amide bonds. The summed E-state index contributed by atoms with van der Waals surface area (Å²) in [4.78, 5) is 12.1. The molecule has 0 radical (unpaired) electrons. The van der Waals surface area contributed by atoms with Crippen molar-refractivity contribution in [3.05, 3.63) is 23.2 Å². The monoisotopic (exact) mass is 320 g/mol. The number of halogens is 4.